The molecule has 1 saturated carbocycles. The number of Topliss-reactive ketones (excluding diaryl/α,β-unsaturated/α-hetero) is 1. The van der Waals surface area contributed by atoms with Crippen LogP contribution < -0.4 is 14.4 Å². The van der Waals surface area contributed by atoms with Crippen LogP contribution in [0.2, 0.25) is 0 Å². The first-order valence-electron chi connectivity index (χ1n) is 9.75. The summed E-state index contributed by atoms with van der Waals surface area (Å²) >= 11 is 0. The Morgan fingerprint density at radius 2 is 1.83 bits per heavy atom. The summed E-state index contributed by atoms with van der Waals surface area (Å²) in [5.74, 6) is 0.741. The fourth-order valence-corrected chi connectivity index (χ4v) is 4.64. The number of nitrogens with zero attached hydrogens (tertiary/aromatic N) is 2. The van der Waals surface area contributed by atoms with Gasteiger partial charge in [-0.15, -0.1) is 0 Å². The quantitative estimate of drug-likeness (QED) is 0.614. The molecule has 5 rings (SSSR count). The third kappa shape index (κ3) is 2.53. The number of hydrogen-bond acceptors (Lipinski definition) is 6. The third-order valence-electron chi connectivity index (χ3n) is 6.09. The lowest BCUT2D eigenvalue weighted by Gasteiger charge is -2.47. The Balaban J connectivity index is 1.64. The fourth-order valence-electron chi connectivity index (χ4n) is 4.64. The standard InChI is InChI=1S/C22H22N4O4/c1-29-14-7-12(8-15(9-14)30-2)26-20(23)18(19(28)22(26)10-13(27)11-22)21-24-16-5-3-4-6-17(16)25-21/h3-9,13,18,23,27H,10-11H2,1-2H3,(H,24,25). The van der Waals surface area contributed by atoms with Crippen molar-refractivity contribution < 1.29 is 19.4 Å². The van der Waals surface area contributed by atoms with E-state index in [0.29, 0.717) is 23.0 Å². The maximum atomic E-state index is 13.6. The van der Waals surface area contributed by atoms with Crippen molar-refractivity contribution in [2.75, 3.05) is 19.1 Å². The molecule has 3 aromatic rings. The zero-order valence-corrected chi connectivity index (χ0v) is 16.7. The monoisotopic (exact) mass is 406 g/mol. The van der Waals surface area contributed by atoms with Gasteiger partial charge in [0, 0.05) is 31.0 Å². The molecule has 3 N–H and O–H groups in total. The van der Waals surface area contributed by atoms with Gasteiger partial charge in [0.1, 0.15) is 34.6 Å². The van der Waals surface area contributed by atoms with E-state index in [1.54, 1.807) is 37.3 Å². The van der Waals surface area contributed by atoms with Gasteiger partial charge in [0.25, 0.3) is 0 Å². The molecular formula is C22H22N4O4. The Labute approximate surface area is 172 Å². The highest BCUT2D eigenvalue weighted by Gasteiger charge is 2.64. The van der Waals surface area contributed by atoms with Crippen LogP contribution in [0.1, 0.15) is 24.6 Å². The largest absolute Gasteiger partial charge is 0.497 e. The average Bonchev–Trinajstić information content (AvgIpc) is 3.24. The molecule has 2 aliphatic rings. The van der Waals surface area contributed by atoms with Gasteiger partial charge in [0.15, 0.2) is 5.78 Å². The van der Waals surface area contributed by atoms with Crippen LogP contribution in [0.15, 0.2) is 42.5 Å². The van der Waals surface area contributed by atoms with Gasteiger partial charge in [-0.05, 0) is 12.1 Å². The number of benzene rings is 2. The molecule has 2 aromatic carbocycles. The highest BCUT2D eigenvalue weighted by molar-refractivity contribution is 6.26. The van der Waals surface area contributed by atoms with Gasteiger partial charge in [0.05, 0.1) is 37.0 Å². The van der Waals surface area contributed by atoms with Crippen LogP contribution in [0.25, 0.3) is 11.0 Å². The first-order chi connectivity index (χ1) is 14.5. The van der Waals surface area contributed by atoms with Crippen molar-refractivity contribution in [1.29, 1.82) is 5.41 Å². The van der Waals surface area contributed by atoms with E-state index >= 15 is 0 Å². The number of rotatable bonds is 4. The average molecular weight is 406 g/mol. The van der Waals surface area contributed by atoms with E-state index in [1.165, 1.54) is 0 Å². The van der Waals surface area contributed by atoms with E-state index in [-0.39, 0.29) is 24.5 Å². The van der Waals surface area contributed by atoms with Crippen molar-refractivity contribution in [1.82, 2.24) is 9.97 Å². The normalized spacial score (nSPS) is 25.8. The number of H-pyrrole nitrogens is 1. The topological polar surface area (TPSA) is 112 Å². The SMILES string of the molecule is COc1cc(OC)cc(N2C(=N)C(c3nc4ccccc4[nH]3)C(=O)C23CC(O)C3)c1. The van der Waals surface area contributed by atoms with Gasteiger partial charge < -0.3 is 24.5 Å². The van der Waals surface area contributed by atoms with Crippen LogP contribution in [-0.2, 0) is 4.79 Å². The molecule has 30 heavy (non-hydrogen) atoms. The van der Waals surface area contributed by atoms with Crippen LogP contribution in [0.5, 0.6) is 11.5 Å². The maximum absolute atomic E-state index is 13.6. The zero-order chi connectivity index (χ0) is 21.0. The number of fused-ring (bicyclic) bond motifs is 1. The van der Waals surface area contributed by atoms with Gasteiger partial charge in [-0.1, -0.05) is 12.1 Å². The number of carbonyl (C=O) groups excluding carboxylic acids is 1. The minimum atomic E-state index is -0.975. The first kappa shape index (κ1) is 18.6. The lowest BCUT2D eigenvalue weighted by molar-refractivity contribution is -0.129. The van der Waals surface area contributed by atoms with Gasteiger partial charge in [-0.25, -0.2) is 4.98 Å². The molecule has 1 saturated heterocycles. The number of nitrogens with one attached hydrogen (secondary N) is 2. The predicted octanol–water partition coefficient (Wildman–Crippen LogP) is 2.62. The third-order valence-corrected chi connectivity index (χ3v) is 6.09. The number of ketones is 1. The lowest BCUT2D eigenvalue weighted by Crippen LogP contribution is -2.61. The summed E-state index contributed by atoms with van der Waals surface area (Å²) in [6, 6.07) is 12.8. The highest BCUT2D eigenvalue weighted by atomic mass is 16.5. The number of carbonyl (C=O) groups is 1. The Morgan fingerprint density at radius 3 is 2.43 bits per heavy atom. The molecule has 1 spiro atoms. The number of hydrogen-bond donors (Lipinski definition) is 3. The summed E-state index contributed by atoms with van der Waals surface area (Å²) in [5, 5.41) is 19.0. The van der Waals surface area contributed by atoms with Gasteiger partial charge >= 0.3 is 0 Å². The van der Waals surface area contributed by atoms with E-state index in [9.17, 15) is 9.90 Å². The van der Waals surface area contributed by atoms with Crippen molar-refractivity contribution in [2.45, 2.75) is 30.4 Å². The molecule has 0 radical (unpaired) electrons. The summed E-state index contributed by atoms with van der Waals surface area (Å²) < 4.78 is 10.8. The van der Waals surface area contributed by atoms with Crippen LogP contribution in [0.3, 0.4) is 0 Å². The number of para-hydroxylation sites is 2. The Kier molecular flexibility index (Phi) is 4.08. The molecule has 1 aromatic heterocycles. The minimum Gasteiger partial charge on any atom is -0.497 e. The van der Waals surface area contributed by atoms with Crippen LogP contribution >= 0.6 is 0 Å². The number of methoxy groups -OCH3 is 2. The van der Waals surface area contributed by atoms with E-state index < -0.39 is 17.6 Å². The molecule has 8 nitrogen and oxygen atoms in total. The number of imidazole rings is 1. The molecule has 2 fully saturated rings. The molecule has 2 heterocycles. The zero-order valence-electron chi connectivity index (χ0n) is 16.7. The summed E-state index contributed by atoms with van der Waals surface area (Å²) in [4.78, 5) is 23.1. The second-order valence-corrected chi connectivity index (χ2v) is 7.82. The number of aromatic amines is 1. The van der Waals surface area contributed by atoms with Gasteiger partial charge in [0.2, 0.25) is 0 Å². The van der Waals surface area contributed by atoms with Gasteiger partial charge in [-0.2, -0.15) is 0 Å². The molecular weight excluding hydrogens is 384 g/mol. The first-order valence-corrected chi connectivity index (χ1v) is 9.75. The van der Waals surface area contributed by atoms with Crippen LogP contribution in [0, 0.1) is 5.41 Å². The second-order valence-electron chi connectivity index (χ2n) is 7.82. The number of ether oxygens (including phenoxy) is 2. The summed E-state index contributed by atoms with van der Waals surface area (Å²) in [5.41, 5.74) is 1.21. The summed E-state index contributed by atoms with van der Waals surface area (Å²) in [7, 11) is 3.11. The molecule has 1 aliphatic heterocycles. The van der Waals surface area contributed by atoms with Crippen molar-refractivity contribution in [3.8, 4) is 11.5 Å². The van der Waals surface area contributed by atoms with E-state index in [0.717, 1.165) is 11.0 Å². The van der Waals surface area contributed by atoms with Crippen molar-refractivity contribution in [3.63, 3.8) is 0 Å². The Bertz CT molecular complexity index is 1110. The maximum Gasteiger partial charge on any atom is 0.177 e. The highest BCUT2D eigenvalue weighted by Crippen LogP contribution is 2.51. The Hall–Kier alpha value is -3.39. The van der Waals surface area contributed by atoms with E-state index in [2.05, 4.69) is 9.97 Å². The number of aromatic nitrogens is 2. The summed E-state index contributed by atoms with van der Waals surface area (Å²) in [6.07, 6.45) is -0.0410. The summed E-state index contributed by atoms with van der Waals surface area (Å²) in [6.45, 7) is 0. The number of anilines is 1. The van der Waals surface area contributed by atoms with Gasteiger partial charge in [-0.3, -0.25) is 10.2 Å². The second kappa shape index (κ2) is 6.56. The van der Waals surface area contributed by atoms with Crippen LogP contribution in [0.4, 0.5) is 5.69 Å². The van der Waals surface area contributed by atoms with E-state index in [4.69, 9.17) is 14.9 Å². The minimum absolute atomic E-state index is 0.126. The smallest absolute Gasteiger partial charge is 0.177 e. The van der Waals surface area contributed by atoms with Crippen LogP contribution in [-0.4, -0.2) is 52.6 Å². The van der Waals surface area contributed by atoms with Crippen molar-refractivity contribution in [2.24, 2.45) is 0 Å². The molecule has 0 amide bonds. The molecule has 154 valence electrons. The number of amidine groups is 1. The van der Waals surface area contributed by atoms with E-state index in [1.807, 2.05) is 24.3 Å². The molecule has 0 bridgehead atoms. The predicted molar refractivity (Wildman–Crippen MR) is 112 cm³/mol. The fraction of sp³-hybridized carbons (Fsp3) is 0.318. The van der Waals surface area contributed by atoms with Crippen molar-refractivity contribution >= 4 is 28.3 Å². The lowest BCUT2D eigenvalue weighted by atomic mass is 9.70. The van der Waals surface area contributed by atoms with Crippen molar-refractivity contribution in [3.05, 3.63) is 48.3 Å². The molecule has 1 aliphatic carbocycles. The number of aliphatic hydroxyl groups is 1. The number of aliphatic hydroxyl groups excluding tert-OH is 1. The molecule has 8 heteroatoms. The Morgan fingerprint density at radius 1 is 1.17 bits per heavy atom. The molecule has 1 unspecified atom stereocenters. The molecule has 1 atom stereocenters.